The molecule has 0 unspecified atom stereocenters. The molecule has 2 aromatic carbocycles. The molecule has 0 saturated carbocycles. The van der Waals surface area contributed by atoms with Crippen LogP contribution in [0.2, 0.25) is 5.02 Å². The molecule has 0 N–H and O–H groups in total. The average molecular weight is 338 g/mol. The molecule has 0 radical (unpaired) electrons. The number of rotatable bonds is 8. The first-order chi connectivity index (χ1) is 11.2. The summed E-state index contributed by atoms with van der Waals surface area (Å²) in [5, 5.41) is 4.14. The lowest BCUT2D eigenvalue weighted by Gasteiger charge is -2.10. The Morgan fingerprint density at radius 3 is 2.74 bits per heavy atom. The van der Waals surface area contributed by atoms with Gasteiger partial charge in [-0.2, -0.15) is 0 Å². The lowest BCUT2D eigenvalue weighted by molar-refractivity contribution is 0.159. The Hall–Kier alpha value is -2.27. The van der Waals surface area contributed by atoms with Gasteiger partial charge >= 0.3 is 0 Å². The van der Waals surface area contributed by atoms with Crippen molar-refractivity contribution >= 4 is 17.8 Å². The van der Waals surface area contributed by atoms with Crippen LogP contribution in [0, 0.1) is 5.82 Å². The van der Waals surface area contributed by atoms with E-state index >= 15 is 0 Å². The molecule has 0 bridgehead atoms. The third kappa shape index (κ3) is 5.79. The predicted octanol–water partition coefficient (Wildman–Crippen LogP) is 5.06. The summed E-state index contributed by atoms with van der Waals surface area (Å²) in [5.74, 6) is 1.10. The van der Waals surface area contributed by atoms with E-state index in [1.165, 1.54) is 12.1 Å². The summed E-state index contributed by atoms with van der Waals surface area (Å²) in [6.45, 7) is 2.83. The first-order valence-corrected chi connectivity index (χ1v) is 7.56. The smallest absolute Gasteiger partial charge is 0.138 e. The largest absolute Gasteiger partial charge is 0.492 e. The normalized spacial score (nSPS) is 10.7. The van der Waals surface area contributed by atoms with Crippen LogP contribution in [0.4, 0.5) is 4.39 Å². The van der Waals surface area contributed by atoms with Gasteiger partial charge in [0.05, 0.1) is 11.6 Å². The third-order valence-electron chi connectivity index (χ3n) is 2.72. The lowest BCUT2D eigenvalue weighted by atomic mass is 10.3. The van der Waals surface area contributed by atoms with E-state index < -0.39 is 0 Å². The van der Waals surface area contributed by atoms with Crippen molar-refractivity contribution in [3.8, 4) is 17.2 Å². The Labute approximate surface area is 139 Å². The molecule has 0 atom stereocenters. The zero-order chi connectivity index (χ0) is 16.5. The van der Waals surface area contributed by atoms with E-state index in [0.29, 0.717) is 41.9 Å². The SMILES string of the molecule is CCON=CCCOc1ccc(Oc2cccc(F)c2)cc1Cl. The molecule has 122 valence electrons. The van der Waals surface area contributed by atoms with Crippen LogP contribution in [0.1, 0.15) is 13.3 Å². The number of hydrogen-bond donors (Lipinski definition) is 0. The van der Waals surface area contributed by atoms with Crippen LogP contribution in [-0.2, 0) is 4.84 Å². The molecule has 0 saturated heterocycles. The van der Waals surface area contributed by atoms with Crippen molar-refractivity contribution in [3.05, 3.63) is 53.3 Å². The van der Waals surface area contributed by atoms with Gasteiger partial charge in [0.1, 0.15) is 29.7 Å². The summed E-state index contributed by atoms with van der Waals surface area (Å²) in [7, 11) is 0. The highest BCUT2D eigenvalue weighted by Gasteiger charge is 2.05. The number of ether oxygens (including phenoxy) is 2. The fraction of sp³-hybridized carbons (Fsp3) is 0.235. The second-order valence-electron chi connectivity index (χ2n) is 4.49. The Morgan fingerprint density at radius 2 is 2.00 bits per heavy atom. The van der Waals surface area contributed by atoms with Crippen molar-refractivity contribution in [2.45, 2.75) is 13.3 Å². The van der Waals surface area contributed by atoms with Gasteiger partial charge in [-0.1, -0.05) is 22.8 Å². The summed E-state index contributed by atoms with van der Waals surface area (Å²) in [6, 6.07) is 10.9. The molecule has 0 heterocycles. The van der Waals surface area contributed by atoms with Crippen molar-refractivity contribution in [2.75, 3.05) is 13.2 Å². The minimum absolute atomic E-state index is 0.359. The fourth-order valence-corrected chi connectivity index (χ4v) is 1.96. The molecule has 0 aromatic heterocycles. The molecular formula is C17H17ClFNO3. The van der Waals surface area contributed by atoms with E-state index in [4.69, 9.17) is 25.9 Å². The highest BCUT2D eigenvalue weighted by Crippen LogP contribution is 2.31. The van der Waals surface area contributed by atoms with E-state index in [0.717, 1.165) is 0 Å². The van der Waals surface area contributed by atoms with Crippen LogP contribution in [0.15, 0.2) is 47.6 Å². The summed E-state index contributed by atoms with van der Waals surface area (Å²) < 4.78 is 24.2. The van der Waals surface area contributed by atoms with Gasteiger partial charge in [-0.05, 0) is 31.2 Å². The Morgan fingerprint density at radius 1 is 1.17 bits per heavy atom. The maximum Gasteiger partial charge on any atom is 0.138 e. The Kier molecular flexibility index (Phi) is 6.69. The zero-order valence-electron chi connectivity index (χ0n) is 12.7. The molecule has 0 spiro atoms. The van der Waals surface area contributed by atoms with Crippen molar-refractivity contribution in [3.63, 3.8) is 0 Å². The van der Waals surface area contributed by atoms with Crippen LogP contribution < -0.4 is 9.47 Å². The van der Waals surface area contributed by atoms with Crippen molar-refractivity contribution < 1.29 is 18.7 Å². The topological polar surface area (TPSA) is 40.0 Å². The number of halogens is 2. The summed E-state index contributed by atoms with van der Waals surface area (Å²) >= 11 is 6.15. The van der Waals surface area contributed by atoms with Crippen molar-refractivity contribution in [2.24, 2.45) is 5.16 Å². The number of hydrogen-bond acceptors (Lipinski definition) is 4. The average Bonchev–Trinajstić information content (AvgIpc) is 2.52. The first-order valence-electron chi connectivity index (χ1n) is 7.18. The molecule has 0 aliphatic heterocycles. The van der Waals surface area contributed by atoms with Gasteiger partial charge in [0.2, 0.25) is 0 Å². The first kappa shape index (κ1) is 17.1. The monoisotopic (exact) mass is 337 g/mol. The second-order valence-corrected chi connectivity index (χ2v) is 4.90. The molecule has 4 nitrogen and oxygen atoms in total. The van der Waals surface area contributed by atoms with Crippen LogP contribution >= 0.6 is 11.6 Å². The van der Waals surface area contributed by atoms with Gasteiger partial charge in [-0.3, -0.25) is 0 Å². The minimum Gasteiger partial charge on any atom is -0.492 e. The molecule has 6 heteroatoms. The number of benzene rings is 2. The van der Waals surface area contributed by atoms with Crippen LogP contribution in [0.3, 0.4) is 0 Å². The van der Waals surface area contributed by atoms with E-state index in [2.05, 4.69) is 5.16 Å². The predicted molar refractivity (Wildman–Crippen MR) is 88.2 cm³/mol. The van der Waals surface area contributed by atoms with E-state index in [9.17, 15) is 4.39 Å². The van der Waals surface area contributed by atoms with Crippen molar-refractivity contribution in [1.82, 2.24) is 0 Å². The maximum atomic E-state index is 13.1. The van der Waals surface area contributed by atoms with E-state index in [1.807, 2.05) is 6.92 Å². The van der Waals surface area contributed by atoms with Gasteiger partial charge in [-0.25, -0.2) is 4.39 Å². The number of oxime groups is 1. The molecule has 2 rings (SSSR count). The third-order valence-corrected chi connectivity index (χ3v) is 3.01. The zero-order valence-corrected chi connectivity index (χ0v) is 13.4. The van der Waals surface area contributed by atoms with Crippen LogP contribution in [0.5, 0.6) is 17.2 Å². The van der Waals surface area contributed by atoms with Crippen molar-refractivity contribution in [1.29, 1.82) is 0 Å². The fourth-order valence-electron chi connectivity index (χ4n) is 1.73. The summed E-state index contributed by atoms with van der Waals surface area (Å²) in [4.78, 5) is 4.83. The molecule has 23 heavy (non-hydrogen) atoms. The standard InChI is InChI=1S/C17H17ClFNO3/c1-2-22-20-9-4-10-21-17-8-7-15(12-16(17)18)23-14-6-3-5-13(19)11-14/h3,5-9,11-12H,2,4,10H2,1H3. The van der Waals surface area contributed by atoms with Gasteiger partial charge < -0.3 is 14.3 Å². The highest BCUT2D eigenvalue weighted by atomic mass is 35.5. The molecule has 2 aromatic rings. The highest BCUT2D eigenvalue weighted by molar-refractivity contribution is 6.32. The maximum absolute atomic E-state index is 13.1. The van der Waals surface area contributed by atoms with Crippen LogP contribution in [0.25, 0.3) is 0 Å². The molecule has 0 aliphatic rings. The molecular weight excluding hydrogens is 321 g/mol. The molecule has 0 amide bonds. The van der Waals surface area contributed by atoms with Gasteiger partial charge in [0.25, 0.3) is 0 Å². The Bertz CT molecular complexity index is 664. The van der Waals surface area contributed by atoms with Gasteiger partial charge in [0, 0.05) is 24.8 Å². The van der Waals surface area contributed by atoms with E-state index in [-0.39, 0.29) is 5.82 Å². The summed E-state index contributed by atoms with van der Waals surface area (Å²) in [6.07, 6.45) is 2.25. The van der Waals surface area contributed by atoms with Gasteiger partial charge in [-0.15, -0.1) is 0 Å². The minimum atomic E-state index is -0.359. The van der Waals surface area contributed by atoms with E-state index in [1.54, 1.807) is 36.5 Å². The summed E-state index contributed by atoms with van der Waals surface area (Å²) in [5.41, 5.74) is 0. The Balaban J connectivity index is 1.90. The molecule has 0 aliphatic carbocycles. The van der Waals surface area contributed by atoms with Crippen LogP contribution in [-0.4, -0.2) is 19.4 Å². The quantitative estimate of drug-likeness (QED) is 0.384. The van der Waals surface area contributed by atoms with Gasteiger partial charge in [0.15, 0.2) is 0 Å². The second kappa shape index (κ2) is 9.00. The molecule has 0 fully saturated rings. The lowest BCUT2D eigenvalue weighted by Crippen LogP contribution is -1.99. The number of nitrogens with zero attached hydrogens (tertiary/aromatic N) is 1.